The van der Waals surface area contributed by atoms with Gasteiger partial charge in [-0.3, -0.25) is 4.79 Å². The summed E-state index contributed by atoms with van der Waals surface area (Å²) in [6, 6.07) is 9.93. The molecule has 2 aromatic carbocycles. The molecule has 0 N–H and O–H groups in total. The second-order valence-corrected chi connectivity index (χ2v) is 8.16. The first-order valence-electron chi connectivity index (χ1n) is 8.74. The first-order chi connectivity index (χ1) is 13.4. The van der Waals surface area contributed by atoms with Crippen LogP contribution in [-0.2, 0) is 9.53 Å². The van der Waals surface area contributed by atoms with Crippen molar-refractivity contribution in [2.45, 2.75) is 24.8 Å². The molecular weight excluding hydrogens is 424 g/mol. The van der Waals surface area contributed by atoms with E-state index in [-0.39, 0.29) is 12.2 Å². The van der Waals surface area contributed by atoms with Gasteiger partial charge in [-0.25, -0.2) is 9.18 Å². The van der Waals surface area contributed by atoms with Crippen LogP contribution in [0.3, 0.4) is 0 Å². The van der Waals surface area contributed by atoms with E-state index < -0.39 is 29.1 Å². The van der Waals surface area contributed by atoms with E-state index in [0.29, 0.717) is 27.8 Å². The van der Waals surface area contributed by atoms with E-state index >= 15 is 0 Å². The number of halogens is 3. The van der Waals surface area contributed by atoms with E-state index in [1.165, 1.54) is 34.9 Å². The molecule has 1 aliphatic rings. The SMILES string of the molecule is CCCOC(=O)C1CSC(c2ccc(Cl)c(Cl)c2)N1C(=O)c1ccccc1F. The second kappa shape index (κ2) is 9.16. The number of thioether (sulfide) groups is 1. The average molecular weight is 442 g/mol. The number of esters is 1. The first kappa shape index (κ1) is 21.0. The average Bonchev–Trinajstić information content (AvgIpc) is 3.13. The van der Waals surface area contributed by atoms with Gasteiger partial charge in [-0.2, -0.15) is 0 Å². The minimum Gasteiger partial charge on any atom is -0.464 e. The molecule has 1 amide bonds. The lowest BCUT2D eigenvalue weighted by molar-refractivity contribution is -0.148. The second-order valence-electron chi connectivity index (χ2n) is 6.23. The van der Waals surface area contributed by atoms with Crippen LogP contribution in [0.15, 0.2) is 42.5 Å². The van der Waals surface area contributed by atoms with Gasteiger partial charge in [0.2, 0.25) is 0 Å². The van der Waals surface area contributed by atoms with Gasteiger partial charge in [0, 0.05) is 5.75 Å². The maximum atomic E-state index is 14.3. The Morgan fingerprint density at radius 3 is 2.64 bits per heavy atom. The minimum atomic E-state index is -0.817. The molecule has 2 aromatic rings. The van der Waals surface area contributed by atoms with Crippen LogP contribution in [0.2, 0.25) is 10.0 Å². The third kappa shape index (κ3) is 4.29. The van der Waals surface area contributed by atoms with Gasteiger partial charge in [0.1, 0.15) is 17.2 Å². The molecule has 0 bridgehead atoms. The van der Waals surface area contributed by atoms with Crippen LogP contribution in [-0.4, -0.2) is 35.2 Å². The van der Waals surface area contributed by atoms with Crippen LogP contribution in [0.4, 0.5) is 4.39 Å². The summed E-state index contributed by atoms with van der Waals surface area (Å²) in [6.45, 7) is 2.15. The predicted octanol–water partition coefficient (Wildman–Crippen LogP) is 5.34. The van der Waals surface area contributed by atoms with Gasteiger partial charge in [-0.1, -0.05) is 48.3 Å². The van der Waals surface area contributed by atoms with Crippen molar-refractivity contribution in [1.29, 1.82) is 0 Å². The summed E-state index contributed by atoms with van der Waals surface area (Å²) in [6.07, 6.45) is 0.670. The zero-order chi connectivity index (χ0) is 20.3. The maximum Gasteiger partial charge on any atom is 0.329 e. The molecule has 28 heavy (non-hydrogen) atoms. The summed E-state index contributed by atoms with van der Waals surface area (Å²) < 4.78 is 19.5. The van der Waals surface area contributed by atoms with Crippen molar-refractivity contribution in [1.82, 2.24) is 4.90 Å². The highest BCUT2D eigenvalue weighted by molar-refractivity contribution is 7.99. The van der Waals surface area contributed by atoms with E-state index in [1.807, 2.05) is 6.92 Å². The molecule has 2 atom stereocenters. The van der Waals surface area contributed by atoms with Crippen LogP contribution >= 0.6 is 35.0 Å². The van der Waals surface area contributed by atoms with E-state index in [0.717, 1.165) is 0 Å². The van der Waals surface area contributed by atoms with E-state index in [9.17, 15) is 14.0 Å². The molecule has 0 aliphatic carbocycles. The molecule has 3 rings (SSSR count). The Labute approximate surface area is 176 Å². The lowest BCUT2D eigenvalue weighted by Crippen LogP contribution is -2.44. The Bertz CT molecular complexity index is 896. The summed E-state index contributed by atoms with van der Waals surface area (Å²) >= 11 is 13.5. The standard InChI is InChI=1S/C20H18Cl2FNO3S/c1-2-9-27-20(26)17-11-28-19(12-7-8-14(21)15(22)10-12)24(17)18(25)13-5-3-4-6-16(13)23/h3-8,10,17,19H,2,9,11H2,1H3. The van der Waals surface area contributed by atoms with E-state index in [2.05, 4.69) is 0 Å². The lowest BCUT2D eigenvalue weighted by Gasteiger charge is -2.29. The number of benzene rings is 2. The number of carbonyl (C=O) groups excluding carboxylic acids is 2. The third-order valence-electron chi connectivity index (χ3n) is 4.29. The van der Waals surface area contributed by atoms with Crippen molar-refractivity contribution in [2.24, 2.45) is 0 Å². The van der Waals surface area contributed by atoms with Gasteiger partial charge in [0.15, 0.2) is 0 Å². The Kier molecular flexibility index (Phi) is 6.86. The largest absolute Gasteiger partial charge is 0.464 e. The van der Waals surface area contributed by atoms with Gasteiger partial charge in [-0.15, -0.1) is 11.8 Å². The Balaban J connectivity index is 1.99. The van der Waals surface area contributed by atoms with Gasteiger partial charge in [0.25, 0.3) is 5.91 Å². The fourth-order valence-corrected chi connectivity index (χ4v) is 4.64. The molecule has 8 heteroatoms. The number of ether oxygens (including phenoxy) is 1. The maximum absolute atomic E-state index is 14.3. The van der Waals surface area contributed by atoms with Crippen LogP contribution in [0.25, 0.3) is 0 Å². The number of carbonyl (C=O) groups is 2. The van der Waals surface area contributed by atoms with Gasteiger partial charge < -0.3 is 9.64 Å². The Hall–Kier alpha value is -1.76. The van der Waals surface area contributed by atoms with Gasteiger partial charge in [-0.05, 0) is 36.2 Å². The highest BCUT2D eigenvalue weighted by Crippen LogP contribution is 2.44. The smallest absolute Gasteiger partial charge is 0.329 e. The highest BCUT2D eigenvalue weighted by Gasteiger charge is 2.44. The lowest BCUT2D eigenvalue weighted by atomic mass is 10.1. The van der Waals surface area contributed by atoms with Crippen molar-refractivity contribution in [3.05, 3.63) is 69.5 Å². The molecule has 0 spiro atoms. The monoisotopic (exact) mass is 441 g/mol. The quantitative estimate of drug-likeness (QED) is 0.587. The zero-order valence-corrected chi connectivity index (χ0v) is 17.4. The summed E-state index contributed by atoms with van der Waals surface area (Å²) in [4.78, 5) is 27.1. The molecular formula is C20H18Cl2FNO3S. The third-order valence-corrected chi connectivity index (χ3v) is 6.35. The van der Waals surface area contributed by atoms with Crippen molar-refractivity contribution >= 4 is 46.8 Å². The van der Waals surface area contributed by atoms with Crippen molar-refractivity contribution in [3.8, 4) is 0 Å². The molecule has 0 radical (unpaired) electrons. The topological polar surface area (TPSA) is 46.6 Å². The predicted molar refractivity (Wildman–Crippen MR) is 109 cm³/mol. The van der Waals surface area contributed by atoms with Crippen molar-refractivity contribution in [3.63, 3.8) is 0 Å². The molecule has 1 aliphatic heterocycles. The van der Waals surface area contributed by atoms with Gasteiger partial charge in [0.05, 0.1) is 22.2 Å². The first-order valence-corrected chi connectivity index (χ1v) is 10.5. The minimum absolute atomic E-state index is 0.0941. The van der Waals surface area contributed by atoms with E-state index in [4.69, 9.17) is 27.9 Å². The summed E-state index contributed by atoms with van der Waals surface area (Å²) in [5.41, 5.74) is 0.609. The fraction of sp³-hybridized carbons (Fsp3) is 0.300. The van der Waals surface area contributed by atoms with Crippen LogP contribution in [0.1, 0.15) is 34.6 Å². The normalized spacial score (nSPS) is 18.9. The number of hydrogen-bond acceptors (Lipinski definition) is 4. The molecule has 1 saturated heterocycles. The van der Waals surface area contributed by atoms with Crippen LogP contribution in [0, 0.1) is 5.82 Å². The molecule has 4 nitrogen and oxygen atoms in total. The number of amides is 1. The summed E-state index contributed by atoms with van der Waals surface area (Å²) in [5.74, 6) is -1.37. The molecule has 0 aromatic heterocycles. The van der Waals surface area contributed by atoms with Crippen LogP contribution in [0.5, 0.6) is 0 Å². The summed E-state index contributed by atoms with van der Waals surface area (Å²) in [5, 5.41) is 0.218. The van der Waals surface area contributed by atoms with Crippen molar-refractivity contribution in [2.75, 3.05) is 12.4 Å². The van der Waals surface area contributed by atoms with Crippen LogP contribution < -0.4 is 0 Å². The fourth-order valence-electron chi connectivity index (χ4n) is 2.93. The van der Waals surface area contributed by atoms with Crippen molar-refractivity contribution < 1.29 is 18.7 Å². The molecule has 0 saturated carbocycles. The summed E-state index contributed by atoms with van der Waals surface area (Å²) in [7, 11) is 0. The highest BCUT2D eigenvalue weighted by atomic mass is 35.5. The number of nitrogens with zero attached hydrogens (tertiary/aromatic N) is 1. The molecule has 1 fully saturated rings. The number of hydrogen-bond donors (Lipinski definition) is 0. The Morgan fingerprint density at radius 2 is 1.96 bits per heavy atom. The molecule has 1 heterocycles. The molecule has 2 unspecified atom stereocenters. The van der Waals surface area contributed by atoms with E-state index in [1.54, 1.807) is 24.3 Å². The molecule has 148 valence electrons. The van der Waals surface area contributed by atoms with Gasteiger partial charge >= 0.3 is 5.97 Å². The Morgan fingerprint density at radius 1 is 1.21 bits per heavy atom. The number of rotatable bonds is 5. The zero-order valence-electron chi connectivity index (χ0n) is 15.0.